The molecule has 2 rings (SSSR count). The maximum Gasteiger partial charge on any atom is 0.284 e. The normalized spacial score (nSPS) is 25.4. The third-order valence-corrected chi connectivity index (χ3v) is 5.08. The Morgan fingerprint density at radius 1 is 1.60 bits per heavy atom. The van der Waals surface area contributed by atoms with Crippen LogP contribution in [0.25, 0.3) is 0 Å². The lowest BCUT2D eigenvalue weighted by Crippen LogP contribution is -2.28. The van der Waals surface area contributed by atoms with Crippen molar-refractivity contribution in [2.45, 2.75) is 45.7 Å². The molecule has 1 N–H and O–H groups in total. The number of anilines is 1. The van der Waals surface area contributed by atoms with Gasteiger partial charge in [-0.3, -0.25) is 4.79 Å². The quantitative estimate of drug-likeness (QED) is 0.859. The lowest BCUT2D eigenvalue weighted by atomic mass is 9.93. The number of rotatable bonds is 4. The Balaban J connectivity index is 2.17. The average molecular weight is 338 g/mol. The molecule has 4 nitrogen and oxygen atoms in total. The Morgan fingerprint density at radius 3 is 2.95 bits per heavy atom. The lowest BCUT2D eigenvalue weighted by Gasteiger charge is -2.22. The van der Waals surface area contributed by atoms with Gasteiger partial charge in [-0.25, -0.2) is 4.68 Å². The van der Waals surface area contributed by atoms with Gasteiger partial charge in [0.2, 0.25) is 0 Å². The van der Waals surface area contributed by atoms with Crippen molar-refractivity contribution in [3.63, 3.8) is 0 Å². The minimum atomic E-state index is -0.189. The molecule has 1 saturated carbocycles. The van der Waals surface area contributed by atoms with Crippen molar-refractivity contribution in [3.05, 3.63) is 21.0 Å². The largest absolute Gasteiger partial charge is 0.380 e. The van der Waals surface area contributed by atoms with Crippen LogP contribution < -0.4 is 10.9 Å². The van der Waals surface area contributed by atoms with Gasteiger partial charge in [0.1, 0.15) is 11.0 Å². The van der Waals surface area contributed by atoms with E-state index in [9.17, 15) is 4.79 Å². The van der Waals surface area contributed by atoms with Crippen LogP contribution >= 0.6 is 15.9 Å². The van der Waals surface area contributed by atoms with Gasteiger partial charge in [0.15, 0.2) is 0 Å². The third kappa shape index (κ3) is 2.90. The zero-order valence-electron chi connectivity index (χ0n) is 11.9. The van der Waals surface area contributed by atoms with E-state index in [0.29, 0.717) is 16.4 Å². The minimum absolute atomic E-state index is 0.189. The van der Waals surface area contributed by atoms with Crippen LogP contribution in [0.3, 0.4) is 0 Å². The van der Waals surface area contributed by atoms with Crippen molar-refractivity contribution in [3.8, 4) is 12.3 Å². The second-order valence-electron chi connectivity index (χ2n) is 5.39. The maximum atomic E-state index is 12.1. The van der Waals surface area contributed by atoms with Gasteiger partial charge < -0.3 is 5.32 Å². The predicted octanol–water partition coefficient (Wildman–Crippen LogP) is 2.88. The smallest absolute Gasteiger partial charge is 0.284 e. The van der Waals surface area contributed by atoms with Crippen LogP contribution in [0.1, 0.15) is 33.1 Å². The second kappa shape index (κ2) is 6.45. The van der Waals surface area contributed by atoms with Gasteiger partial charge in [0, 0.05) is 6.04 Å². The fourth-order valence-electron chi connectivity index (χ4n) is 2.99. The number of nitrogens with zero attached hydrogens (tertiary/aromatic N) is 2. The minimum Gasteiger partial charge on any atom is -0.380 e. The van der Waals surface area contributed by atoms with Crippen LogP contribution in [0.15, 0.2) is 15.5 Å². The van der Waals surface area contributed by atoms with Crippen LogP contribution in [0.5, 0.6) is 0 Å². The first kappa shape index (κ1) is 15.1. The van der Waals surface area contributed by atoms with E-state index in [1.54, 1.807) is 6.20 Å². The second-order valence-corrected chi connectivity index (χ2v) is 6.19. The molecule has 1 aromatic rings. The van der Waals surface area contributed by atoms with Gasteiger partial charge in [0.05, 0.1) is 11.9 Å². The molecule has 0 aromatic carbocycles. The van der Waals surface area contributed by atoms with Gasteiger partial charge in [-0.05, 0) is 40.6 Å². The molecule has 3 atom stereocenters. The number of halogens is 1. The van der Waals surface area contributed by atoms with Gasteiger partial charge in [-0.2, -0.15) is 5.10 Å². The molecular formula is C15H20BrN3O. The van der Waals surface area contributed by atoms with E-state index < -0.39 is 0 Å². The summed E-state index contributed by atoms with van der Waals surface area (Å²) in [6.45, 7) is 4.71. The van der Waals surface area contributed by atoms with Crippen molar-refractivity contribution < 1.29 is 0 Å². The van der Waals surface area contributed by atoms with Gasteiger partial charge in [0.25, 0.3) is 5.56 Å². The van der Waals surface area contributed by atoms with Crippen molar-refractivity contribution in [2.75, 3.05) is 5.32 Å². The molecule has 1 heterocycles. The molecule has 0 bridgehead atoms. The van der Waals surface area contributed by atoms with E-state index in [4.69, 9.17) is 6.42 Å². The van der Waals surface area contributed by atoms with E-state index in [0.717, 1.165) is 18.0 Å². The van der Waals surface area contributed by atoms with E-state index >= 15 is 0 Å². The van der Waals surface area contributed by atoms with Crippen molar-refractivity contribution in [1.82, 2.24) is 9.78 Å². The lowest BCUT2D eigenvalue weighted by molar-refractivity contribution is 0.391. The first-order valence-electron chi connectivity index (χ1n) is 7.04. The molecule has 0 saturated heterocycles. The summed E-state index contributed by atoms with van der Waals surface area (Å²) < 4.78 is 1.79. The topological polar surface area (TPSA) is 46.9 Å². The summed E-state index contributed by atoms with van der Waals surface area (Å²) in [4.78, 5) is 12.1. The van der Waals surface area contributed by atoms with Gasteiger partial charge >= 0.3 is 0 Å². The Morgan fingerprint density at radius 2 is 2.35 bits per heavy atom. The molecule has 3 unspecified atom stereocenters. The molecule has 1 aliphatic rings. The highest BCUT2D eigenvalue weighted by Gasteiger charge is 2.31. The molecule has 1 aromatic heterocycles. The van der Waals surface area contributed by atoms with E-state index in [1.807, 2.05) is 0 Å². The highest BCUT2D eigenvalue weighted by atomic mass is 79.9. The van der Waals surface area contributed by atoms with Gasteiger partial charge in [-0.1, -0.05) is 26.2 Å². The third-order valence-electron chi connectivity index (χ3n) is 4.32. The van der Waals surface area contributed by atoms with Crippen LogP contribution in [0, 0.1) is 24.2 Å². The number of hydrogen-bond acceptors (Lipinski definition) is 3. The van der Waals surface area contributed by atoms with Crippen molar-refractivity contribution in [1.29, 1.82) is 0 Å². The summed E-state index contributed by atoms with van der Waals surface area (Å²) in [5.41, 5.74) is 0.572. The molecule has 0 amide bonds. The highest BCUT2D eigenvalue weighted by Crippen LogP contribution is 2.36. The van der Waals surface area contributed by atoms with E-state index in [1.165, 1.54) is 17.5 Å². The summed E-state index contributed by atoms with van der Waals surface area (Å²) >= 11 is 3.36. The molecule has 1 aliphatic carbocycles. The maximum absolute atomic E-state index is 12.1. The molecule has 5 heteroatoms. The Kier molecular flexibility index (Phi) is 4.87. The van der Waals surface area contributed by atoms with E-state index in [-0.39, 0.29) is 12.1 Å². The Labute approximate surface area is 128 Å². The van der Waals surface area contributed by atoms with Crippen LogP contribution in [0.4, 0.5) is 5.69 Å². The summed E-state index contributed by atoms with van der Waals surface area (Å²) in [5, 5.41) is 7.56. The Hall–Kier alpha value is -1.28. The molecule has 20 heavy (non-hydrogen) atoms. The van der Waals surface area contributed by atoms with Crippen LogP contribution in [-0.4, -0.2) is 15.8 Å². The number of nitrogens with one attached hydrogen (secondary N) is 1. The summed E-state index contributed by atoms with van der Waals surface area (Å²) in [7, 11) is 0. The average Bonchev–Trinajstić information content (AvgIpc) is 2.79. The number of terminal acetylenes is 1. The monoisotopic (exact) mass is 337 g/mol. The van der Waals surface area contributed by atoms with Gasteiger partial charge in [-0.15, -0.1) is 6.42 Å². The SMILES string of the molecule is C#CCn1ncc(NC2CCC(CC)C2C)c(Br)c1=O. The predicted molar refractivity (Wildman–Crippen MR) is 84.6 cm³/mol. The highest BCUT2D eigenvalue weighted by molar-refractivity contribution is 9.10. The molecule has 108 valence electrons. The first-order chi connectivity index (χ1) is 9.58. The molecule has 1 fully saturated rings. The summed E-state index contributed by atoms with van der Waals surface area (Å²) in [6.07, 6.45) is 10.5. The zero-order valence-corrected chi connectivity index (χ0v) is 13.5. The van der Waals surface area contributed by atoms with E-state index in [2.05, 4.69) is 46.1 Å². The van der Waals surface area contributed by atoms with Crippen LogP contribution in [0.2, 0.25) is 0 Å². The molecular weight excluding hydrogens is 318 g/mol. The molecule has 0 aliphatic heterocycles. The van der Waals surface area contributed by atoms with Crippen molar-refractivity contribution >= 4 is 21.6 Å². The van der Waals surface area contributed by atoms with Crippen LogP contribution in [-0.2, 0) is 6.54 Å². The fourth-order valence-corrected chi connectivity index (χ4v) is 3.41. The molecule has 0 radical (unpaired) electrons. The summed E-state index contributed by atoms with van der Waals surface area (Å²) in [5.74, 6) is 3.80. The molecule has 0 spiro atoms. The standard InChI is InChI=1S/C15H20BrN3O/c1-4-8-19-15(20)14(16)13(9-17-19)18-12-7-6-11(5-2)10(12)3/h1,9-12,18H,5-8H2,2-3H3. The van der Waals surface area contributed by atoms with Crippen molar-refractivity contribution in [2.24, 2.45) is 11.8 Å². The zero-order chi connectivity index (χ0) is 14.7. The first-order valence-corrected chi connectivity index (χ1v) is 7.83. The fraction of sp³-hybridized carbons (Fsp3) is 0.600. The number of hydrogen-bond donors (Lipinski definition) is 1. The Bertz CT molecular complexity index is 575. The summed E-state index contributed by atoms with van der Waals surface area (Å²) in [6, 6.07) is 0.404. The number of aromatic nitrogens is 2.